The Bertz CT molecular complexity index is 334. The number of hydrogen-bond acceptors (Lipinski definition) is 4. The van der Waals surface area contributed by atoms with E-state index in [1.54, 1.807) is 17.5 Å². The first-order valence-corrected chi connectivity index (χ1v) is 7.33. The van der Waals surface area contributed by atoms with Gasteiger partial charge in [0.15, 0.2) is 0 Å². The van der Waals surface area contributed by atoms with Crippen molar-refractivity contribution in [2.75, 3.05) is 6.61 Å². The van der Waals surface area contributed by atoms with E-state index in [2.05, 4.69) is 4.98 Å². The van der Waals surface area contributed by atoms with Gasteiger partial charge in [-0.3, -0.25) is 0 Å². The fourth-order valence-electron chi connectivity index (χ4n) is 2.55. The summed E-state index contributed by atoms with van der Waals surface area (Å²) >= 11 is 1.59. The molecule has 3 nitrogen and oxygen atoms in total. The second-order valence-corrected chi connectivity index (χ2v) is 5.74. The highest BCUT2D eigenvalue weighted by atomic mass is 32.1. The van der Waals surface area contributed by atoms with Crippen LogP contribution in [0.2, 0.25) is 0 Å². The maximum Gasteiger partial charge on any atom is 0.122 e. The molecule has 1 N–H and O–H groups in total. The highest BCUT2D eigenvalue weighted by Crippen LogP contribution is 2.38. The van der Waals surface area contributed by atoms with E-state index in [4.69, 9.17) is 9.84 Å². The second kappa shape index (κ2) is 6.47. The van der Waals surface area contributed by atoms with E-state index >= 15 is 0 Å². The first-order chi connectivity index (χ1) is 8.35. The van der Waals surface area contributed by atoms with Crippen molar-refractivity contribution >= 4 is 11.3 Å². The van der Waals surface area contributed by atoms with Crippen LogP contribution in [0.15, 0.2) is 6.20 Å². The lowest BCUT2D eigenvalue weighted by Crippen LogP contribution is -2.19. The summed E-state index contributed by atoms with van der Waals surface area (Å²) in [6, 6.07) is 0. The van der Waals surface area contributed by atoms with Gasteiger partial charge in [0.05, 0.1) is 11.5 Å². The summed E-state index contributed by atoms with van der Waals surface area (Å²) in [4.78, 5) is 5.35. The molecule has 1 atom stereocenters. The molecule has 0 saturated heterocycles. The van der Waals surface area contributed by atoms with Crippen molar-refractivity contribution in [2.45, 2.75) is 51.7 Å². The van der Waals surface area contributed by atoms with E-state index in [-0.39, 0.29) is 12.7 Å². The minimum Gasteiger partial charge on any atom is -0.391 e. The molecule has 1 fully saturated rings. The Morgan fingerprint density at radius 3 is 2.82 bits per heavy atom. The number of aliphatic hydroxyl groups excluding tert-OH is 1. The topological polar surface area (TPSA) is 42.4 Å². The van der Waals surface area contributed by atoms with Crippen LogP contribution in [0.5, 0.6) is 0 Å². The third-order valence-electron chi connectivity index (χ3n) is 3.39. The van der Waals surface area contributed by atoms with Gasteiger partial charge in [-0.1, -0.05) is 19.3 Å². The molecular formula is C13H21NO2S. The predicted octanol–water partition coefficient (Wildman–Crippen LogP) is 3.29. The molecule has 0 aromatic carbocycles. The fraction of sp³-hybridized carbons (Fsp3) is 0.769. The summed E-state index contributed by atoms with van der Waals surface area (Å²) in [5.41, 5.74) is 0. The summed E-state index contributed by atoms with van der Waals surface area (Å²) < 4.78 is 5.89. The van der Waals surface area contributed by atoms with Crippen LogP contribution in [-0.4, -0.2) is 16.7 Å². The molecule has 1 unspecified atom stereocenters. The van der Waals surface area contributed by atoms with Crippen LogP contribution in [-0.2, 0) is 11.3 Å². The van der Waals surface area contributed by atoms with Crippen LogP contribution < -0.4 is 0 Å². The maximum absolute atomic E-state index is 9.10. The third-order valence-corrected chi connectivity index (χ3v) is 4.44. The van der Waals surface area contributed by atoms with Crippen molar-refractivity contribution in [3.05, 3.63) is 16.1 Å². The quantitative estimate of drug-likeness (QED) is 0.878. The highest BCUT2D eigenvalue weighted by Gasteiger charge is 2.27. The molecule has 1 aliphatic carbocycles. The molecule has 0 radical (unpaired) electrons. The minimum absolute atomic E-state index is 0.0845. The van der Waals surface area contributed by atoms with E-state index in [1.807, 2.05) is 6.92 Å². The van der Waals surface area contributed by atoms with Crippen LogP contribution in [0.3, 0.4) is 0 Å². The third kappa shape index (κ3) is 3.27. The molecule has 0 bridgehead atoms. The van der Waals surface area contributed by atoms with Gasteiger partial charge in [0.1, 0.15) is 11.1 Å². The lowest BCUT2D eigenvalue weighted by Gasteiger charge is -2.28. The maximum atomic E-state index is 9.10. The van der Waals surface area contributed by atoms with Crippen molar-refractivity contribution < 1.29 is 9.84 Å². The fourth-order valence-corrected chi connectivity index (χ4v) is 3.47. The van der Waals surface area contributed by atoms with Gasteiger partial charge in [0, 0.05) is 12.8 Å². The van der Waals surface area contributed by atoms with Crippen molar-refractivity contribution in [1.29, 1.82) is 0 Å². The summed E-state index contributed by atoms with van der Waals surface area (Å²) in [5, 5.41) is 10.1. The zero-order valence-corrected chi connectivity index (χ0v) is 11.2. The SMILES string of the molecule is CCOC(c1ncc(CO)s1)C1CCCCC1. The average Bonchev–Trinajstić information content (AvgIpc) is 2.85. The lowest BCUT2D eigenvalue weighted by molar-refractivity contribution is 0.00551. The summed E-state index contributed by atoms with van der Waals surface area (Å²) in [5.74, 6) is 0.612. The summed E-state index contributed by atoms with van der Waals surface area (Å²) in [6.07, 6.45) is 8.39. The number of nitrogens with zero attached hydrogens (tertiary/aromatic N) is 1. The molecule has 0 aliphatic heterocycles. The van der Waals surface area contributed by atoms with Crippen molar-refractivity contribution in [3.8, 4) is 0 Å². The monoisotopic (exact) mass is 255 g/mol. The van der Waals surface area contributed by atoms with E-state index in [1.165, 1.54) is 32.1 Å². The van der Waals surface area contributed by atoms with Crippen LogP contribution in [0.25, 0.3) is 0 Å². The van der Waals surface area contributed by atoms with Crippen molar-refractivity contribution in [1.82, 2.24) is 4.98 Å². The summed E-state index contributed by atoms with van der Waals surface area (Å²) in [6.45, 7) is 2.85. The van der Waals surface area contributed by atoms with Crippen molar-refractivity contribution in [3.63, 3.8) is 0 Å². The van der Waals surface area contributed by atoms with Crippen LogP contribution in [0, 0.1) is 5.92 Å². The Hall–Kier alpha value is -0.450. The van der Waals surface area contributed by atoms with Gasteiger partial charge in [0.2, 0.25) is 0 Å². The molecule has 1 aromatic rings. The van der Waals surface area contributed by atoms with Gasteiger partial charge in [-0.05, 0) is 25.7 Å². The van der Waals surface area contributed by atoms with Crippen LogP contribution in [0.1, 0.15) is 55.0 Å². The van der Waals surface area contributed by atoms with Gasteiger partial charge in [-0.15, -0.1) is 11.3 Å². The first kappa shape index (κ1) is 13.0. The number of thiazole rings is 1. The van der Waals surface area contributed by atoms with Crippen LogP contribution >= 0.6 is 11.3 Å². The van der Waals surface area contributed by atoms with Gasteiger partial charge in [-0.2, -0.15) is 0 Å². The van der Waals surface area contributed by atoms with E-state index < -0.39 is 0 Å². The lowest BCUT2D eigenvalue weighted by atomic mass is 9.85. The molecule has 1 aromatic heterocycles. The zero-order valence-electron chi connectivity index (χ0n) is 10.4. The largest absolute Gasteiger partial charge is 0.391 e. The molecule has 1 saturated carbocycles. The number of aromatic nitrogens is 1. The highest BCUT2D eigenvalue weighted by molar-refractivity contribution is 7.11. The van der Waals surface area contributed by atoms with E-state index in [9.17, 15) is 0 Å². The second-order valence-electron chi connectivity index (χ2n) is 4.60. The number of aliphatic hydroxyl groups is 1. The predicted molar refractivity (Wildman–Crippen MR) is 69.0 cm³/mol. The van der Waals surface area contributed by atoms with E-state index in [0.29, 0.717) is 5.92 Å². The molecule has 2 rings (SSSR count). The van der Waals surface area contributed by atoms with Gasteiger partial charge in [-0.25, -0.2) is 4.98 Å². The Labute approximate surface area is 107 Å². The molecule has 96 valence electrons. The standard InChI is InChI=1S/C13H21NO2S/c1-2-16-12(10-6-4-3-5-7-10)13-14-8-11(9-15)17-13/h8,10,12,15H,2-7,9H2,1H3. The average molecular weight is 255 g/mol. The minimum atomic E-state index is 0.0845. The first-order valence-electron chi connectivity index (χ1n) is 6.52. The summed E-state index contributed by atoms with van der Waals surface area (Å²) in [7, 11) is 0. The number of hydrogen-bond donors (Lipinski definition) is 1. The van der Waals surface area contributed by atoms with Gasteiger partial charge < -0.3 is 9.84 Å². The molecule has 4 heteroatoms. The Kier molecular flexibility index (Phi) is 4.95. The number of ether oxygens (including phenoxy) is 1. The molecule has 0 amide bonds. The van der Waals surface area contributed by atoms with Gasteiger partial charge >= 0.3 is 0 Å². The van der Waals surface area contributed by atoms with Crippen molar-refractivity contribution in [2.24, 2.45) is 5.92 Å². The zero-order chi connectivity index (χ0) is 12.1. The Morgan fingerprint density at radius 1 is 1.47 bits per heavy atom. The van der Waals surface area contributed by atoms with Gasteiger partial charge in [0.25, 0.3) is 0 Å². The molecule has 1 heterocycles. The molecule has 1 aliphatic rings. The van der Waals surface area contributed by atoms with E-state index in [0.717, 1.165) is 16.5 Å². The normalized spacial score (nSPS) is 19.4. The Balaban J connectivity index is 2.09. The smallest absolute Gasteiger partial charge is 0.122 e. The molecule has 0 spiro atoms. The molecular weight excluding hydrogens is 234 g/mol. The molecule has 17 heavy (non-hydrogen) atoms. The number of rotatable bonds is 5. The van der Waals surface area contributed by atoms with Crippen LogP contribution in [0.4, 0.5) is 0 Å². The Morgan fingerprint density at radius 2 is 2.24 bits per heavy atom.